The number of nitrogens with zero attached hydrogens (tertiary/aromatic N) is 4. The molecule has 2 aromatic heterocycles. The highest BCUT2D eigenvalue weighted by molar-refractivity contribution is 5.79. The van der Waals surface area contributed by atoms with E-state index < -0.39 is 0 Å². The standard InChI is InChI=1S/C17H22N4O2/c1-19-14-7-4-9-18-15(14)21(17(19)23)13-8-10-20(11-13)16(22)12-5-2-3-6-12/h4,7,9,12-13H,2-3,5-6,8,10-11H2,1H3/t13-/m0/s1. The molecule has 0 spiro atoms. The fraction of sp³-hybridized carbons (Fsp3) is 0.588. The van der Waals surface area contributed by atoms with Crippen LogP contribution in [0.25, 0.3) is 11.2 Å². The van der Waals surface area contributed by atoms with E-state index in [1.54, 1.807) is 22.4 Å². The van der Waals surface area contributed by atoms with E-state index in [1.165, 1.54) is 12.8 Å². The molecule has 2 fully saturated rings. The number of likely N-dealkylation sites (tertiary alicyclic amines) is 1. The van der Waals surface area contributed by atoms with Gasteiger partial charge < -0.3 is 4.90 Å². The second-order valence-electron chi connectivity index (χ2n) is 6.77. The SMILES string of the molecule is Cn1c(=O)n([C@H]2CCN(C(=O)C3CCCC3)C2)c2ncccc21. The maximum absolute atomic E-state index is 12.6. The van der Waals surface area contributed by atoms with Gasteiger partial charge >= 0.3 is 5.69 Å². The van der Waals surface area contributed by atoms with E-state index in [4.69, 9.17) is 0 Å². The Morgan fingerprint density at radius 1 is 1.26 bits per heavy atom. The number of carbonyl (C=O) groups excluding carboxylic acids is 1. The van der Waals surface area contributed by atoms with E-state index in [2.05, 4.69) is 4.98 Å². The minimum absolute atomic E-state index is 0.0338. The van der Waals surface area contributed by atoms with Crippen molar-refractivity contribution in [1.29, 1.82) is 0 Å². The Hall–Kier alpha value is -2.11. The van der Waals surface area contributed by atoms with Crippen molar-refractivity contribution in [2.75, 3.05) is 13.1 Å². The summed E-state index contributed by atoms with van der Waals surface area (Å²) in [4.78, 5) is 31.5. The third-order valence-electron chi connectivity index (χ3n) is 5.39. The summed E-state index contributed by atoms with van der Waals surface area (Å²) < 4.78 is 3.42. The Kier molecular flexibility index (Phi) is 3.47. The highest BCUT2D eigenvalue weighted by Gasteiger charge is 2.34. The van der Waals surface area contributed by atoms with Gasteiger partial charge in [-0.1, -0.05) is 12.8 Å². The average Bonchev–Trinajstić information content (AvgIpc) is 3.29. The topological polar surface area (TPSA) is 60.1 Å². The number of carbonyl (C=O) groups is 1. The first-order valence-electron chi connectivity index (χ1n) is 8.47. The summed E-state index contributed by atoms with van der Waals surface area (Å²) in [6.07, 6.45) is 6.93. The number of aromatic nitrogens is 3. The van der Waals surface area contributed by atoms with Gasteiger partial charge in [0.25, 0.3) is 0 Å². The van der Waals surface area contributed by atoms with Crippen molar-refractivity contribution >= 4 is 17.1 Å². The van der Waals surface area contributed by atoms with E-state index in [0.29, 0.717) is 6.54 Å². The molecule has 0 unspecified atom stereocenters. The van der Waals surface area contributed by atoms with Crippen LogP contribution in [0.3, 0.4) is 0 Å². The second-order valence-corrected chi connectivity index (χ2v) is 6.77. The van der Waals surface area contributed by atoms with Crippen LogP contribution in [0.4, 0.5) is 0 Å². The second kappa shape index (κ2) is 5.51. The predicted molar refractivity (Wildman–Crippen MR) is 87.2 cm³/mol. The van der Waals surface area contributed by atoms with Crippen LogP contribution in [-0.2, 0) is 11.8 Å². The highest BCUT2D eigenvalue weighted by atomic mass is 16.2. The van der Waals surface area contributed by atoms with Crippen molar-refractivity contribution in [2.45, 2.75) is 38.1 Å². The van der Waals surface area contributed by atoms with Gasteiger partial charge in [-0.25, -0.2) is 9.78 Å². The lowest BCUT2D eigenvalue weighted by Crippen LogP contribution is -2.35. The molecule has 23 heavy (non-hydrogen) atoms. The largest absolute Gasteiger partial charge is 0.340 e. The molecular formula is C17H22N4O2. The Morgan fingerprint density at radius 3 is 2.83 bits per heavy atom. The highest BCUT2D eigenvalue weighted by Crippen LogP contribution is 2.30. The van der Waals surface area contributed by atoms with E-state index in [0.717, 1.165) is 37.0 Å². The fourth-order valence-corrected chi connectivity index (χ4v) is 4.10. The monoisotopic (exact) mass is 314 g/mol. The molecule has 2 aromatic rings. The van der Waals surface area contributed by atoms with Gasteiger partial charge in [0.15, 0.2) is 5.65 Å². The van der Waals surface area contributed by atoms with Crippen molar-refractivity contribution in [2.24, 2.45) is 13.0 Å². The molecule has 1 amide bonds. The molecule has 1 aliphatic heterocycles. The summed E-state index contributed by atoms with van der Waals surface area (Å²) >= 11 is 0. The third-order valence-corrected chi connectivity index (χ3v) is 5.39. The Bertz CT molecular complexity index is 801. The lowest BCUT2D eigenvalue weighted by atomic mass is 10.1. The fourth-order valence-electron chi connectivity index (χ4n) is 4.10. The summed E-state index contributed by atoms with van der Waals surface area (Å²) in [5, 5.41) is 0. The van der Waals surface area contributed by atoms with Crippen LogP contribution < -0.4 is 5.69 Å². The minimum atomic E-state index is -0.0427. The van der Waals surface area contributed by atoms with Crippen LogP contribution >= 0.6 is 0 Å². The number of hydrogen-bond donors (Lipinski definition) is 0. The molecule has 0 aromatic carbocycles. The number of amides is 1. The predicted octanol–water partition coefficient (Wildman–Crippen LogP) is 1.70. The quantitative estimate of drug-likeness (QED) is 0.847. The molecule has 0 radical (unpaired) electrons. The van der Waals surface area contributed by atoms with Gasteiger partial charge in [-0.2, -0.15) is 0 Å². The molecule has 1 aliphatic carbocycles. The normalized spacial score (nSPS) is 22.3. The van der Waals surface area contributed by atoms with Gasteiger partial charge in [-0.15, -0.1) is 0 Å². The van der Waals surface area contributed by atoms with Crippen LogP contribution in [0, 0.1) is 5.92 Å². The van der Waals surface area contributed by atoms with Gasteiger partial charge in [0, 0.05) is 32.3 Å². The van der Waals surface area contributed by atoms with Gasteiger partial charge in [-0.05, 0) is 31.4 Å². The molecule has 0 bridgehead atoms. The Labute approximate surface area is 134 Å². The molecule has 6 heteroatoms. The van der Waals surface area contributed by atoms with Crippen molar-refractivity contribution in [3.8, 4) is 0 Å². The van der Waals surface area contributed by atoms with Crippen molar-refractivity contribution in [3.05, 3.63) is 28.8 Å². The van der Waals surface area contributed by atoms with E-state index in [1.807, 2.05) is 17.0 Å². The maximum Gasteiger partial charge on any atom is 0.330 e. The Morgan fingerprint density at radius 2 is 2.04 bits per heavy atom. The van der Waals surface area contributed by atoms with E-state index in [-0.39, 0.29) is 23.6 Å². The average molecular weight is 314 g/mol. The van der Waals surface area contributed by atoms with E-state index in [9.17, 15) is 9.59 Å². The van der Waals surface area contributed by atoms with Crippen LogP contribution in [-0.4, -0.2) is 38.0 Å². The maximum atomic E-state index is 12.6. The molecule has 4 rings (SSSR count). The van der Waals surface area contributed by atoms with Gasteiger partial charge in [-0.3, -0.25) is 13.9 Å². The van der Waals surface area contributed by atoms with Crippen LogP contribution in [0.5, 0.6) is 0 Å². The zero-order chi connectivity index (χ0) is 16.0. The smallest absolute Gasteiger partial charge is 0.330 e. The molecule has 3 heterocycles. The lowest BCUT2D eigenvalue weighted by molar-refractivity contribution is -0.134. The lowest BCUT2D eigenvalue weighted by Gasteiger charge is -2.20. The molecule has 122 valence electrons. The number of hydrogen-bond acceptors (Lipinski definition) is 3. The first-order valence-corrected chi connectivity index (χ1v) is 8.47. The zero-order valence-corrected chi connectivity index (χ0v) is 13.4. The molecule has 1 saturated heterocycles. The number of imidazole rings is 1. The summed E-state index contributed by atoms with van der Waals surface area (Å²) in [5.41, 5.74) is 1.53. The summed E-state index contributed by atoms with van der Waals surface area (Å²) in [6.45, 7) is 1.38. The van der Waals surface area contributed by atoms with Gasteiger partial charge in [0.05, 0.1) is 11.6 Å². The molecule has 6 nitrogen and oxygen atoms in total. The number of fused-ring (bicyclic) bond motifs is 1. The molecular weight excluding hydrogens is 292 g/mol. The van der Waals surface area contributed by atoms with Crippen LogP contribution in [0.1, 0.15) is 38.1 Å². The first kappa shape index (κ1) is 14.5. The molecule has 1 saturated carbocycles. The third kappa shape index (κ3) is 2.28. The summed E-state index contributed by atoms with van der Waals surface area (Å²) in [5.74, 6) is 0.488. The van der Waals surface area contributed by atoms with Crippen molar-refractivity contribution in [3.63, 3.8) is 0 Å². The number of pyridine rings is 1. The van der Waals surface area contributed by atoms with Gasteiger partial charge in [0.2, 0.25) is 5.91 Å². The first-order chi connectivity index (χ1) is 11.2. The molecule has 2 aliphatic rings. The van der Waals surface area contributed by atoms with Crippen LogP contribution in [0.2, 0.25) is 0 Å². The van der Waals surface area contributed by atoms with E-state index >= 15 is 0 Å². The summed E-state index contributed by atoms with van der Waals surface area (Å²) in [7, 11) is 1.78. The minimum Gasteiger partial charge on any atom is -0.340 e. The summed E-state index contributed by atoms with van der Waals surface area (Å²) in [6, 6.07) is 3.79. The zero-order valence-electron chi connectivity index (χ0n) is 13.4. The molecule has 1 atom stereocenters. The van der Waals surface area contributed by atoms with Crippen LogP contribution in [0.15, 0.2) is 23.1 Å². The Balaban J connectivity index is 1.62. The van der Waals surface area contributed by atoms with Crippen molar-refractivity contribution < 1.29 is 4.79 Å². The van der Waals surface area contributed by atoms with Crippen molar-refractivity contribution in [1.82, 2.24) is 19.0 Å². The van der Waals surface area contributed by atoms with Gasteiger partial charge in [0.1, 0.15) is 0 Å². The number of aryl methyl sites for hydroxylation is 1. The number of rotatable bonds is 2. The molecule has 0 N–H and O–H groups in total.